The fourth-order valence-corrected chi connectivity index (χ4v) is 12.9. The summed E-state index contributed by atoms with van der Waals surface area (Å²) in [5.74, 6) is 1.89. The van der Waals surface area contributed by atoms with Gasteiger partial charge in [0.15, 0.2) is 17.5 Å². The Hall–Kier alpha value is -10.2. The van der Waals surface area contributed by atoms with Crippen molar-refractivity contribution in [2.24, 2.45) is 0 Å². The first-order valence-corrected chi connectivity index (χ1v) is 26.8. The molecule has 78 heavy (non-hydrogen) atoms. The van der Waals surface area contributed by atoms with Crippen LogP contribution in [0.2, 0.25) is 0 Å². The highest BCUT2D eigenvalue weighted by molar-refractivity contribution is 6.90. The van der Waals surface area contributed by atoms with Crippen LogP contribution in [0.5, 0.6) is 0 Å². The summed E-state index contributed by atoms with van der Waals surface area (Å²) in [7, 11) is 0. The molecule has 2 aromatic heterocycles. The summed E-state index contributed by atoms with van der Waals surface area (Å²) >= 11 is 0. The van der Waals surface area contributed by atoms with E-state index in [1.807, 2.05) is 36.4 Å². The minimum atomic E-state index is -0.139. The van der Waals surface area contributed by atoms with Crippen LogP contribution in [-0.2, 0) is 0 Å². The van der Waals surface area contributed by atoms with Crippen LogP contribution < -0.4 is 15.8 Å². The molecule has 0 aliphatic carbocycles. The van der Waals surface area contributed by atoms with Crippen molar-refractivity contribution in [1.29, 1.82) is 0 Å². The lowest BCUT2D eigenvalue weighted by atomic mass is 9.44. The van der Waals surface area contributed by atoms with Crippen molar-refractivity contribution >= 4 is 78.2 Å². The quantitative estimate of drug-likeness (QED) is 0.149. The molecule has 0 spiro atoms. The van der Waals surface area contributed by atoms with Crippen molar-refractivity contribution in [3.8, 4) is 78.7 Å². The average Bonchev–Trinajstić information content (AvgIpc) is 4.09. The van der Waals surface area contributed by atoms with E-state index in [1.54, 1.807) is 0 Å². The van der Waals surface area contributed by atoms with Gasteiger partial charge in [0, 0.05) is 61.1 Å². The van der Waals surface area contributed by atoms with Gasteiger partial charge in [0.25, 0.3) is 0 Å². The summed E-state index contributed by atoms with van der Waals surface area (Å²) in [6.07, 6.45) is 0. The molecule has 0 amide bonds. The number of benzene rings is 12. The maximum absolute atomic E-state index is 5.21. The highest BCUT2D eigenvalue weighted by atomic mass is 15.2. The average molecular weight is 992 g/mol. The van der Waals surface area contributed by atoms with Gasteiger partial charge in [0.1, 0.15) is 0 Å². The molecule has 6 heteroatoms. The smallest absolute Gasteiger partial charge is 0.333 e. The molecule has 12 aromatic carbocycles. The van der Waals surface area contributed by atoms with E-state index in [0.717, 1.165) is 56.0 Å². The van der Waals surface area contributed by atoms with Gasteiger partial charge in [-0.1, -0.05) is 212 Å². The normalized spacial score (nSPS) is 12.4. The number of para-hydroxylation sites is 1. The van der Waals surface area contributed by atoms with Crippen LogP contribution >= 0.6 is 0 Å². The van der Waals surface area contributed by atoms with Crippen molar-refractivity contribution < 1.29 is 0 Å². The molecule has 0 saturated carbocycles. The van der Waals surface area contributed by atoms with Gasteiger partial charge in [0.2, 0.25) is 0 Å². The van der Waals surface area contributed by atoms with Crippen LogP contribution in [0, 0.1) is 6.92 Å². The molecule has 2 aliphatic rings. The molecular formula is C72H46BN5. The Morgan fingerprint density at radius 2 is 0.872 bits per heavy atom. The Kier molecular flexibility index (Phi) is 9.88. The van der Waals surface area contributed by atoms with Gasteiger partial charge in [-0.3, -0.25) is 0 Å². The molecular weight excluding hydrogens is 946 g/mol. The van der Waals surface area contributed by atoms with Crippen molar-refractivity contribution in [1.82, 2.24) is 19.4 Å². The second-order valence-electron chi connectivity index (χ2n) is 20.7. The number of fused-ring (bicyclic) bond motifs is 11. The molecule has 16 rings (SSSR count). The SMILES string of the molecule is Cc1c(-c2cccc(-c3nc(-c4ccccc4)nc(-c4ccccc4)n3)c2)cc2c3c1-c1cc4ccccc4c4c5c6ccccc6ccc5n(c14)B3c1ccccc1N2c1cc(-c2ccccc2)cc(-c2ccccc2)c1. The maximum Gasteiger partial charge on any atom is 0.333 e. The monoisotopic (exact) mass is 991 g/mol. The van der Waals surface area contributed by atoms with E-state index in [2.05, 4.69) is 241 Å². The summed E-state index contributed by atoms with van der Waals surface area (Å²) in [5.41, 5.74) is 21.9. The topological polar surface area (TPSA) is 46.8 Å². The Bertz CT molecular complexity index is 4630. The van der Waals surface area contributed by atoms with E-state index >= 15 is 0 Å². The zero-order chi connectivity index (χ0) is 51.4. The summed E-state index contributed by atoms with van der Waals surface area (Å²) in [4.78, 5) is 18.0. The molecule has 4 heterocycles. The van der Waals surface area contributed by atoms with Crippen LogP contribution in [0.25, 0.3) is 122 Å². The number of hydrogen-bond donors (Lipinski definition) is 0. The van der Waals surface area contributed by atoms with E-state index < -0.39 is 0 Å². The minimum absolute atomic E-state index is 0.139. The van der Waals surface area contributed by atoms with Crippen LogP contribution in [0.1, 0.15) is 5.56 Å². The minimum Gasteiger partial charge on any atom is -0.375 e. The Labute approximate surface area is 452 Å². The fraction of sp³-hybridized carbons (Fsp3) is 0.0139. The second kappa shape index (κ2) is 17.5. The van der Waals surface area contributed by atoms with Crippen LogP contribution in [-0.4, -0.2) is 26.3 Å². The first-order valence-electron chi connectivity index (χ1n) is 26.8. The molecule has 0 radical (unpaired) electrons. The lowest BCUT2D eigenvalue weighted by Crippen LogP contribution is -2.56. The van der Waals surface area contributed by atoms with Gasteiger partial charge in [-0.2, -0.15) is 0 Å². The first kappa shape index (κ1) is 44.2. The highest BCUT2D eigenvalue weighted by Crippen LogP contribution is 2.52. The lowest BCUT2D eigenvalue weighted by Gasteiger charge is -2.42. The predicted octanol–water partition coefficient (Wildman–Crippen LogP) is 17.0. The molecule has 0 N–H and O–H groups in total. The zero-order valence-electron chi connectivity index (χ0n) is 42.6. The summed E-state index contributed by atoms with van der Waals surface area (Å²) in [6, 6.07) is 94.7. The van der Waals surface area contributed by atoms with Gasteiger partial charge in [0.05, 0.1) is 0 Å². The predicted molar refractivity (Wildman–Crippen MR) is 326 cm³/mol. The van der Waals surface area contributed by atoms with E-state index in [-0.39, 0.29) is 6.85 Å². The van der Waals surface area contributed by atoms with Gasteiger partial charge >= 0.3 is 6.85 Å². The van der Waals surface area contributed by atoms with Gasteiger partial charge < -0.3 is 9.38 Å². The second-order valence-corrected chi connectivity index (χ2v) is 20.7. The number of aromatic nitrogens is 4. The third kappa shape index (κ3) is 6.79. The molecule has 0 atom stereocenters. The Morgan fingerprint density at radius 1 is 0.359 bits per heavy atom. The third-order valence-electron chi connectivity index (χ3n) is 16.3. The number of hydrogen-bond acceptors (Lipinski definition) is 4. The fourth-order valence-electron chi connectivity index (χ4n) is 12.9. The van der Waals surface area contributed by atoms with Crippen LogP contribution in [0.3, 0.4) is 0 Å². The van der Waals surface area contributed by atoms with Crippen molar-refractivity contribution in [2.45, 2.75) is 6.92 Å². The number of nitrogens with zero attached hydrogens (tertiary/aromatic N) is 5. The highest BCUT2D eigenvalue weighted by Gasteiger charge is 2.44. The van der Waals surface area contributed by atoms with Crippen molar-refractivity contribution in [3.05, 3.63) is 266 Å². The third-order valence-corrected chi connectivity index (χ3v) is 16.3. The van der Waals surface area contributed by atoms with Gasteiger partial charge in [-0.05, 0) is 132 Å². The molecule has 0 fully saturated rings. The first-order chi connectivity index (χ1) is 38.6. The molecule has 14 aromatic rings. The Morgan fingerprint density at radius 3 is 1.53 bits per heavy atom. The van der Waals surface area contributed by atoms with Crippen molar-refractivity contribution in [3.63, 3.8) is 0 Å². The largest absolute Gasteiger partial charge is 0.375 e. The maximum atomic E-state index is 5.21. The molecule has 0 saturated heterocycles. The molecule has 0 bridgehead atoms. The van der Waals surface area contributed by atoms with E-state index in [4.69, 9.17) is 15.0 Å². The number of rotatable bonds is 7. The molecule has 2 aliphatic heterocycles. The van der Waals surface area contributed by atoms with Crippen molar-refractivity contribution in [2.75, 3.05) is 4.90 Å². The van der Waals surface area contributed by atoms with E-state index in [0.29, 0.717) is 17.5 Å². The number of anilines is 3. The van der Waals surface area contributed by atoms with Gasteiger partial charge in [-0.15, -0.1) is 0 Å². The summed E-state index contributed by atoms with van der Waals surface area (Å²) in [5, 5.41) is 7.59. The summed E-state index contributed by atoms with van der Waals surface area (Å²) < 4.78 is 2.70. The molecule has 0 unspecified atom stereocenters. The molecule has 5 nitrogen and oxygen atoms in total. The van der Waals surface area contributed by atoms with Crippen LogP contribution in [0.15, 0.2) is 261 Å². The standard InChI is InChI=1S/C72H46BN5/c1-45-59(51-31-20-32-53(39-51)72-75-70(49-26-10-4-11-27-49)74-71(76-72)50-28-12-5-13-29-50)44-64-68-65(45)60-43-52-30-15-17-34-58(52)67-66-57-33-16-14-25-48(57)37-38-63(66)78(69(60)67)73(68)61-35-18-19-36-62(61)77(64)56-41-54(46-21-6-2-7-22-46)40-55(42-56)47-23-8-3-9-24-47/h2-44H,1H3. The summed E-state index contributed by atoms with van der Waals surface area (Å²) in [6.45, 7) is 2.21. The molecule has 362 valence electrons. The van der Waals surface area contributed by atoms with Crippen LogP contribution in [0.4, 0.5) is 17.1 Å². The lowest BCUT2D eigenvalue weighted by molar-refractivity contribution is 1.07. The van der Waals surface area contributed by atoms with E-state index in [1.165, 1.54) is 82.1 Å². The zero-order valence-corrected chi connectivity index (χ0v) is 42.6. The van der Waals surface area contributed by atoms with Gasteiger partial charge in [-0.25, -0.2) is 15.0 Å². The van der Waals surface area contributed by atoms with E-state index in [9.17, 15) is 0 Å². The Balaban J connectivity index is 1.01.